The highest BCUT2D eigenvalue weighted by Crippen LogP contribution is 2.28. The van der Waals surface area contributed by atoms with E-state index in [-0.39, 0.29) is 5.43 Å². The predicted octanol–water partition coefficient (Wildman–Crippen LogP) is 2.49. The molecule has 2 N–H and O–H groups in total. The Morgan fingerprint density at radius 1 is 1.17 bits per heavy atom. The highest BCUT2D eigenvalue weighted by Gasteiger charge is 2.15. The van der Waals surface area contributed by atoms with Crippen molar-refractivity contribution in [2.45, 2.75) is 13.8 Å². The molecular formula is C14H12N2O2. The minimum absolute atomic E-state index is 0.0335. The summed E-state index contributed by atoms with van der Waals surface area (Å²) in [5, 5.41) is 0. The van der Waals surface area contributed by atoms with Crippen LogP contribution in [0.5, 0.6) is 0 Å². The van der Waals surface area contributed by atoms with E-state index >= 15 is 0 Å². The maximum Gasteiger partial charge on any atom is 0.185 e. The fraction of sp³-hybridized carbons (Fsp3) is 0.143. The van der Waals surface area contributed by atoms with Crippen LogP contribution in [0.3, 0.4) is 0 Å². The fourth-order valence-corrected chi connectivity index (χ4v) is 2.00. The topological polar surface area (TPSA) is 69.1 Å². The molecule has 0 bridgehead atoms. The van der Waals surface area contributed by atoms with Crippen molar-refractivity contribution < 1.29 is 4.42 Å². The number of benzene rings is 2. The third-order valence-electron chi connectivity index (χ3n) is 3.22. The second-order valence-corrected chi connectivity index (χ2v) is 4.41. The average Bonchev–Trinajstić information content (AvgIpc) is 2.34. The number of rotatable bonds is 0. The Morgan fingerprint density at radius 3 is 2.72 bits per heavy atom. The molecule has 0 aromatic heterocycles. The zero-order valence-electron chi connectivity index (χ0n) is 10.2. The van der Waals surface area contributed by atoms with Crippen molar-refractivity contribution in [3.63, 3.8) is 0 Å². The number of hydrogen-bond donors (Lipinski definition) is 1. The second-order valence-electron chi connectivity index (χ2n) is 4.41. The lowest BCUT2D eigenvalue weighted by atomic mass is 10.0. The summed E-state index contributed by atoms with van der Waals surface area (Å²) < 4.78 is 5.70. The summed E-state index contributed by atoms with van der Waals surface area (Å²) in [5.74, 6) is 0.501. The van der Waals surface area contributed by atoms with Crippen LogP contribution < -0.4 is 11.2 Å². The minimum Gasteiger partial charge on any atom is -0.453 e. The number of anilines is 1. The summed E-state index contributed by atoms with van der Waals surface area (Å²) in [6.07, 6.45) is 0. The van der Waals surface area contributed by atoms with Crippen molar-refractivity contribution in [2.24, 2.45) is 0 Å². The summed E-state index contributed by atoms with van der Waals surface area (Å²) >= 11 is 0. The molecule has 2 aliphatic rings. The van der Waals surface area contributed by atoms with Crippen LogP contribution in [0.4, 0.5) is 5.69 Å². The molecule has 1 aromatic rings. The molecule has 4 heteroatoms. The number of fused-ring (bicyclic) bond motifs is 2. The Labute approximate surface area is 103 Å². The molecule has 0 atom stereocenters. The van der Waals surface area contributed by atoms with Crippen LogP contribution in [0, 0.1) is 13.8 Å². The molecule has 1 aromatic carbocycles. The molecule has 0 saturated carbocycles. The van der Waals surface area contributed by atoms with Crippen LogP contribution in [0.1, 0.15) is 11.1 Å². The van der Waals surface area contributed by atoms with Crippen LogP contribution in [-0.2, 0) is 0 Å². The first kappa shape index (κ1) is 10.8. The van der Waals surface area contributed by atoms with Gasteiger partial charge in [0.25, 0.3) is 0 Å². The van der Waals surface area contributed by atoms with Gasteiger partial charge in [-0.2, -0.15) is 0 Å². The maximum atomic E-state index is 11.7. The summed E-state index contributed by atoms with van der Waals surface area (Å²) in [4.78, 5) is 16.3. The van der Waals surface area contributed by atoms with Crippen molar-refractivity contribution in [1.82, 2.24) is 4.98 Å². The third-order valence-corrected chi connectivity index (χ3v) is 3.22. The zero-order chi connectivity index (χ0) is 12.9. The molecule has 0 saturated heterocycles. The Kier molecular flexibility index (Phi) is 2.13. The summed E-state index contributed by atoms with van der Waals surface area (Å²) in [7, 11) is 0. The Hall–Kier alpha value is -2.36. The normalized spacial score (nSPS) is 11.2. The van der Waals surface area contributed by atoms with Gasteiger partial charge in [-0.15, -0.1) is 0 Å². The lowest BCUT2D eigenvalue weighted by Crippen LogP contribution is -2.09. The van der Waals surface area contributed by atoms with Gasteiger partial charge in [0.05, 0.1) is 0 Å². The Morgan fingerprint density at radius 2 is 1.94 bits per heavy atom. The second kappa shape index (κ2) is 3.57. The largest absolute Gasteiger partial charge is 0.453 e. The van der Waals surface area contributed by atoms with Gasteiger partial charge in [0.15, 0.2) is 16.8 Å². The van der Waals surface area contributed by atoms with Gasteiger partial charge >= 0.3 is 0 Å². The molecule has 1 heterocycles. The molecule has 3 rings (SSSR count). The molecule has 18 heavy (non-hydrogen) atoms. The van der Waals surface area contributed by atoms with Gasteiger partial charge in [0.2, 0.25) is 0 Å². The standard InChI is InChI=1S/C14H12N2O2/c1-7-8(2)14-13(6-11(7)17)18-12-5-9(15)3-4-10(12)16-14/h3-6H,15H2,1-2H3. The molecule has 4 nitrogen and oxygen atoms in total. The molecular weight excluding hydrogens is 228 g/mol. The minimum atomic E-state index is -0.0335. The molecule has 90 valence electrons. The molecule has 0 unspecified atom stereocenters. The number of nitrogens with two attached hydrogens (primary N) is 1. The van der Waals surface area contributed by atoms with Crippen molar-refractivity contribution in [1.29, 1.82) is 0 Å². The first-order chi connectivity index (χ1) is 8.56. The smallest absolute Gasteiger partial charge is 0.185 e. The van der Waals surface area contributed by atoms with Crippen LogP contribution in [0.2, 0.25) is 0 Å². The zero-order valence-corrected chi connectivity index (χ0v) is 10.2. The number of nitrogen functional groups attached to an aromatic ring is 1. The molecule has 0 spiro atoms. The van der Waals surface area contributed by atoms with Crippen molar-refractivity contribution in [3.8, 4) is 11.5 Å². The van der Waals surface area contributed by atoms with Crippen LogP contribution >= 0.6 is 0 Å². The van der Waals surface area contributed by atoms with Crippen LogP contribution in [0.15, 0.2) is 33.5 Å². The van der Waals surface area contributed by atoms with Gasteiger partial charge in [-0.1, -0.05) is 0 Å². The molecule has 1 aliphatic heterocycles. The first-order valence-electron chi connectivity index (χ1n) is 5.66. The first-order valence-corrected chi connectivity index (χ1v) is 5.66. The lowest BCUT2D eigenvalue weighted by Gasteiger charge is -2.10. The summed E-state index contributed by atoms with van der Waals surface area (Å²) in [6, 6.07) is 6.78. The van der Waals surface area contributed by atoms with E-state index in [2.05, 4.69) is 4.98 Å². The Balaban J connectivity index is 2.50. The molecule has 0 fully saturated rings. The van der Waals surface area contributed by atoms with Crippen LogP contribution in [0.25, 0.3) is 22.6 Å². The van der Waals surface area contributed by atoms with E-state index < -0.39 is 0 Å². The van der Waals surface area contributed by atoms with E-state index in [1.807, 2.05) is 13.0 Å². The van der Waals surface area contributed by atoms with Crippen molar-refractivity contribution in [2.75, 3.05) is 5.73 Å². The lowest BCUT2D eigenvalue weighted by molar-refractivity contribution is 0.611. The highest BCUT2D eigenvalue weighted by atomic mass is 16.3. The molecule has 0 radical (unpaired) electrons. The van der Waals surface area contributed by atoms with E-state index in [0.717, 1.165) is 16.8 Å². The van der Waals surface area contributed by atoms with Gasteiger partial charge < -0.3 is 10.2 Å². The van der Waals surface area contributed by atoms with Gasteiger partial charge in [-0.25, -0.2) is 4.98 Å². The van der Waals surface area contributed by atoms with E-state index in [4.69, 9.17) is 10.2 Å². The maximum absolute atomic E-state index is 11.7. The van der Waals surface area contributed by atoms with E-state index in [0.29, 0.717) is 22.6 Å². The number of nitrogens with zero attached hydrogens (tertiary/aromatic N) is 1. The van der Waals surface area contributed by atoms with Crippen molar-refractivity contribution >= 4 is 16.8 Å². The molecule has 1 aliphatic carbocycles. The van der Waals surface area contributed by atoms with Gasteiger partial charge in [-0.05, 0) is 31.5 Å². The van der Waals surface area contributed by atoms with Crippen molar-refractivity contribution in [3.05, 3.63) is 45.6 Å². The summed E-state index contributed by atoms with van der Waals surface area (Å²) in [6.45, 7) is 3.68. The van der Waals surface area contributed by atoms with E-state index in [1.165, 1.54) is 6.07 Å². The summed E-state index contributed by atoms with van der Waals surface area (Å²) in [5.41, 5.74) is 9.90. The third kappa shape index (κ3) is 1.46. The van der Waals surface area contributed by atoms with E-state index in [1.54, 1.807) is 19.1 Å². The Bertz CT molecular complexity index is 790. The van der Waals surface area contributed by atoms with Gasteiger partial charge in [0, 0.05) is 23.4 Å². The van der Waals surface area contributed by atoms with Gasteiger partial charge in [0.1, 0.15) is 11.2 Å². The quantitative estimate of drug-likeness (QED) is 0.484. The monoisotopic (exact) mass is 240 g/mol. The fourth-order valence-electron chi connectivity index (χ4n) is 2.00. The molecule has 0 amide bonds. The SMILES string of the molecule is Cc1c2nc3ccc(N)cc3oc-2cc(=O)c1C. The number of aromatic nitrogens is 1. The highest BCUT2D eigenvalue weighted by molar-refractivity contribution is 5.80. The number of hydrogen-bond acceptors (Lipinski definition) is 4. The van der Waals surface area contributed by atoms with E-state index in [9.17, 15) is 4.79 Å². The predicted molar refractivity (Wildman–Crippen MR) is 70.8 cm³/mol. The van der Waals surface area contributed by atoms with Gasteiger partial charge in [-0.3, -0.25) is 4.79 Å². The van der Waals surface area contributed by atoms with Crippen LogP contribution in [-0.4, -0.2) is 4.98 Å². The average molecular weight is 240 g/mol.